The normalized spacial score (nSPS) is 12.6. The molecule has 2 aromatic heterocycles. The molecule has 2 aliphatic heterocycles. The minimum atomic E-state index is -0.335. The molecule has 57 heavy (non-hydrogen) atoms. The maximum absolute atomic E-state index is 12.9. The fraction of sp³-hybridized carbons (Fsp3) is 0.220. The second kappa shape index (κ2) is 19.1. The summed E-state index contributed by atoms with van der Waals surface area (Å²) in [7, 11) is 0. The standard InChI is InChI=1S/C20H16ClN3O3.C10H8BrNO2.C10H9ClN2O.CH4.B.H2/c1-2-17-22-16-8-7-12(21)11-15(16)20(27)23(17)9-10-24-18(25)13-5-3-4-6-14(13)19(24)26;11-5-6-12-9(13)7-3-1-2-4-8(7)10(12)14;1-2-9-12-8-4-3-6(11)5-7(8)10(14)13-9;;;/h3-8,11H,2,9-10H2,1H3;1-4H,5-6H2;3-5H,2H2,1H3,(H,12,13,14);1H4;;1H/i;;;;;1+1. The second-order valence-electron chi connectivity index (χ2n) is 12.3. The van der Waals surface area contributed by atoms with Crippen molar-refractivity contribution in [2.45, 2.75) is 40.7 Å². The van der Waals surface area contributed by atoms with Crippen LogP contribution < -0.4 is 11.1 Å². The Labute approximate surface area is 350 Å². The summed E-state index contributed by atoms with van der Waals surface area (Å²) in [6.07, 6.45) is 1.27. The van der Waals surface area contributed by atoms with Crippen LogP contribution in [0.1, 0.15) is 75.8 Å². The van der Waals surface area contributed by atoms with E-state index in [1.165, 1.54) is 14.4 Å². The van der Waals surface area contributed by atoms with Crippen molar-refractivity contribution in [3.05, 3.63) is 150 Å². The Kier molecular flexibility index (Phi) is 14.9. The van der Waals surface area contributed by atoms with E-state index in [1.54, 1.807) is 84.9 Å². The molecular weight excluding hydrogens is 834 g/mol. The maximum atomic E-state index is 12.9. The highest BCUT2D eigenvalue weighted by Gasteiger charge is 2.35. The fourth-order valence-electron chi connectivity index (χ4n) is 6.24. The number of nitrogens with one attached hydrogen (secondary N) is 1. The highest BCUT2D eigenvalue weighted by molar-refractivity contribution is 9.09. The number of hydrogen-bond donors (Lipinski definition) is 1. The Hall–Kier alpha value is -5.44. The van der Waals surface area contributed by atoms with Gasteiger partial charge < -0.3 is 4.98 Å². The third kappa shape index (κ3) is 9.09. The lowest BCUT2D eigenvalue weighted by Crippen LogP contribution is -2.36. The van der Waals surface area contributed by atoms with Crippen LogP contribution in [0.2, 0.25) is 10.0 Å². The van der Waals surface area contributed by atoms with Gasteiger partial charge in [-0.05, 0) is 60.7 Å². The number of halogens is 3. The summed E-state index contributed by atoms with van der Waals surface area (Å²) in [4.78, 5) is 86.8. The molecule has 4 heterocycles. The van der Waals surface area contributed by atoms with Crippen molar-refractivity contribution in [1.82, 2.24) is 29.3 Å². The summed E-state index contributed by atoms with van der Waals surface area (Å²) in [5, 5.41) is 2.57. The molecule has 0 atom stereocenters. The molecular formula is C41H39BBrCl2N6O6. The zero-order chi connectivity index (χ0) is 39.4. The van der Waals surface area contributed by atoms with Crippen molar-refractivity contribution in [3.63, 3.8) is 0 Å². The first-order valence-corrected chi connectivity index (χ1v) is 19.2. The number of hydrogen-bond acceptors (Lipinski definition) is 8. The molecule has 8 rings (SSSR count). The van der Waals surface area contributed by atoms with Crippen LogP contribution in [-0.4, -0.2) is 79.8 Å². The summed E-state index contributed by atoms with van der Waals surface area (Å²) in [5.41, 5.74) is 2.73. The lowest BCUT2D eigenvalue weighted by molar-refractivity contribution is 0.0638. The van der Waals surface area contributed by atoms with E-state index in [4.69, 9.17) is 23.2 Å². The summed E-state index contributed by atoms with van der Waals surface area (Å²) < 4.78 is 1.52. The lowest BCUT2D eigenvalue weighted by atomic mass is 10.1. The number of alkyl halides is 1. The van der Waals surface area contributed by atoms with Gasteiger partial charge in [0.1, 0.15) is 11.6 Å². The molecule has 4 amide bonds. The van der Waals surface area contributed by atoms with E-state index in [0.29, 0.717) is 90.5 Å². The van der Waals surface area contributed by atoms with Gasteiger partial charge in [0.25, 0.3) is 34.7 Å². The van der Waals surface area contributed by atoms with Gasteiger partial charge in [-0.25, -0.2) is 9.97 Å². The van der Waals surface area contributed by atoms with Gasteiger partial charge in [-0.1, -0.05) is 84.7 Å². The topological polar surface area (TPSA) is 155 Å². The summed E-state index contributed by atoms with van der Waals surface area (Å²) in [6, 6.07) is 23.7. The maximum Gasteiger partial charge on any atom is 0.261 e. The molecule has 0 spiro atoms. The van der Waals surface area contributed by atoms with E-state index >= 15 is 0 Å². The molecule has 1 N–H and O–H groups in total. The van der Waals surface area contributed by atoms with Gasteiger partial charge in [-0.2, -0.15) is 0 Å². The number of nitrogens with zero attached hydrogens (tertiary/aromatic N) is 5. The molecule has 0 unspecified atom stereocenters. The van der Waals surface area contributed by atoms with Crippen LogP contribution in [0.5, 0.6) is 0 Å². The van der Waals surface area contributed by atoms with Gasteiger partial charge in [-0.15, -0.1) is 0 Å². The highest BCUT2D eigenvalue weighted by atomic mass is 79.9. The first-order chi connectivity index (χ1) is 26.5. The molecule has 6 aromatic rings. The number of benzene rings is 4. The quantitative estimate of drug-likeness (QED) is 0.100. The van der Waals surface area contributed by atoms with Gasteiger partial charge in [-0.3, -0.25) is 43.1 Å². The number of carbonyl (C=O) groups is 4. The Morgan fingerprint density at radius 1 is 0.632 bits per heavy atom. The molecule has 16 heteroatoms. The van der Waals surface area contributed by atoms with Gasteiger partial charge in [0.05, 0.1) is 44.1 Å². The van der Waals surface area contributed by atoms with Crippen molar-refractivity contribution < 1.29 is 20.6 Å². The SMILES string of the molecule is C.CCc1nc2ccc(Cl)cc2c(=O)[nH]1.CCc1nc2ccc(Cl)cc2c(=O)n1CCN1C(=O)c2ccccc2C1=O.O=C1c2ccccc2C(=O)N1CCBr.[2HH].[B]. The molecule has 0 fully saturated rings. The predicted octanol–water partition coefficient (Wildman–Crippen LogP) is 7.23. The number of imide groups is 2. The first-order valence-electron chi connectivity index (χ1n) is 17.3. The van der Waals surface area contributed by atoms with Crippen molar-refractivity contribution in [3.8, 4) is 0 Å². The van der Waals surface area contributed by atoms with E-state index in [9.17, 15) is 28.8 Å². The molecule has 2 aliphatic rings. The summed E-state index contributed by atoms with van der Waals surface area (Å²) >= 11 is 15.0. The van der Waals surface area contributed by atoms with Crippen molar-refractivity contribution in [2.75, 3.05) is 18.4 Å². The Morgan fingerprint density at radius 3 is 1.54 bits per heavy atom. The number of fused-ring (bicyclic) bond motifs is 4. The molecule has 0 aliphatic carbocycles. The smallest absolute Gasteiger partial charge is 0.261 e. The molecule has 4 aromatic carbocycles. The van der Waals surface area contributed by atoms with Crippen LogP contribution in [0.25, 0.3) is 21.8 Å². The van der Waals surface area contributed by atoms with E-state index in [1.807, 2.05) is 13.8 Å². The Bertz CT molecular complexity index is 2570. The predicted molar refractivity (Wildman–Crippen MR) is 229 cm³/mol. The average molecular weight is 874 g/mol. The lowest BCUT2D eigenvalue weighted by Gasteiger charge is -2.17. The number of carbonyl (C=O) groups excluding carboxylic acids is 4. The van der Waals surface area contributed by atoms with Crippen molar-refractivity contribution >= 4 is 93.0 Å². The van der Waals surface area contributed by atoms with Gasteiger partial charge >= 0.3 is 0 Å². The largest absolute Gasteiger partial charge is 0.310 e. The van der Waals surface area contributed by atoms with Gasteiger partial charge in [0.15, 0.2) is 0 Å². The highest BCUT2D eigenvalue weighted by Crippen LogP contribution is 2.24. The minimum absolute atomic E-state index is 0. The minimum Gasteiger partial charge on any atom is -0.310 e. The van der Waals surface area contributed by atoms with Crippen molar-refractivity contribution in [2.24, 2.45) is 0 Å². The summed E-state index contributed by atoms with van der Waals surface area (Å²) in [5.74, 6) is 0.253. The molecule has 293 valence electrons. The molecule has 0 saturated carbocycles. The van der Waals surface area contributed by atoms with Crippen LogP contribution in [0.15, 0.2) is 94.5 Å². The van der Waals surface area contributed by atoms with E-state index < -0.39 is 0 Å². The van der Waals surface area contributed by atoms with Crippen molar-refractivity contribution in [1.29, 1.82) is 0 Å². The van der Waals surface area contributed by atoms with Crippen LogP contribution >= 0.6 is 39.1 Å². The summed E-state index contributed by atoms with van der Waals surface area (Å²) in [6.45, 7) is 4.56. The average Bonchev–Trinajstić information content (AvgIpc) is 3.58. The molecule has 12 nitrogen and oxygen atoms in total. The van der Waals surface area contributed by atoms with E-state index in [-0.39, 0.29) is 65.1 Å². The fourth-order valence-corrected chi connectivity index (χ4v) is 6.93. The number of H-pyrrole nitrogens is 1. The third-order valence-electron chi connectivity index (χ3n) is 8.97. The number of aromatic nitrogens is 4. The van der Waals surface area contributed by atoms with Gasteiger partial charge in [0.2, 0.25) is 0 Å². The van der Waals surface area contributed by atoms with E-state index in [2.05, 4.69) is 30.9 Å². The third-order valence-corrected chi connectivity index (χ3v) is 9.80. The Morgan fingerprint density at radius 2 is 1.09 bits per heavy atom. The number of rotatable bonds is 7. The second-order valence-corrected chi connectivity index (χ2v) is 14.0. The zero-order valence-corrected chi connectivity index (χ0v) is 33.3. The van der Waals surface area contributed by atoms with Crippen LogP contribution in [0.4, 0.5) is 0 Å². The monoisotopic (exact) mass is 872 g/mol. The molecule has 0 saturated heterocycles. The van der Waals surface area contributed by atoms with Crippen LogP contribution in [0, 0.1) is 0 Å². The number of aromatic amines is 1. The number of aryl methyl sites for hydroxylation is 2. The number of amides is 4. The van der Waals surface area contributed by atoms with Crippen LogP contribution in [0.3, 0.4) is 0 Å². The van der Waals surface area contributed by atoms with E-state index in [0.717, 1.165) is 0 Å². The van der Waals surface area contributed by atoms with Gasteiger partial charge in [0, 0.05) is 57.7 Å². The first kappa shape index (κ1) is 44.3. The molecule has 3 radical (unpaired) electrons. The Balaban J connectivity index is 0.000000247. The molecule has 0 bridgehead atoms. The zero-order valence-electron chi connectivity index (χ0n) is 30.2. The van der Waals surface area contributed by atoms with Crippen LogP contribution in [-0.2, 0) is 19.4 Å².